The smallest absolute Gasteiger partial charge is 0.142 e. The molecule has 0 bridgehead atoms. The Labute approximate surface area is 105 Å². The zero-order chi connectivity index (χ0) is 12.4. The molecule has 0 unspecified atom stereocenters. The van der Waals surface area contributed by atoms with Crippen LogP contribution in [-0.2, 0) is 4.79 Å². The number of carbonyl (C=O) groups excluding carboxylic acids is 1. The number of hydrogen-bond acceptors (Lipinski definition) is 3. The van der Waals surface area contributed by atoms with Gasteiger partial charge >= 0.3 is 0 Å². The Bertz CT molecular complexity index is 565. The molecule has 1 atom stereocenters. The molecule has 1 aromatic heterocycles. The average molecular weight is 245 g/mol. The standard InChI is InChI=1S/C14H15NOS/c1-9-8-14(17-11(3)10(2)16)15-13-7-5-4-6-12(9)13/h4-8,11H,1-3H3/t11-/m1/s1. The molecular formula is C14H15NOS. The van der Waals surface area contributed by atoms with Crippen LogP contribution < -0.4 is 0 Å². The summed E-state index contributed by atoms with van der Waals surface area (Å²) >= 11 is 1.52. The van der Waals surface area contributed by atoms with Crippen molar-refractivity contribution < 1.29 is 4.79 Å². The lowest BCUT2D eigenvalue weighted by atomic mass is 10.1. The van der Waals surface area contributed by atoms with E-state index in [1.54, 1.807) is 6.92 Å². The van der Waals surface area contributed by atoms with Crippen LogP contribution in [0.4, 0.5) is 0 Å². The summed E-state index contributed by atoms with van der Waals surface area (Å²) in [5, 5.41) is 2.05. The number of fused-ring (bicyclic) bond motifs is 1. The van der Waals surface area contributed by atoms with Gasteiger partial charge in [0, 0.05) is 5.39 Å². The lowest BCUT2D eigenvalue weighted by Gasteiger charge is -2.09. The minimum Gasteiger partial charge on any atom is -0.299 e. The van der Waals surface area contributed by atoms with Gasteiger partial charge in [0.2, 0.25) is 0 Å². The molecule has 0 spiro atoms. The van der Waals surface area contributed by atoms with E-state index in [2.05, 4.69) is 18.0 Å². The van der Waals surface area contributed by atoms with Gasteiger partial charge in [-0.25, -0.2) is 4.98 Å². The van der Waals surface area contributed by atoms with Gasteiger partial charge in [-0.3, -0.25) is 4.79 Å². The van der Waals surface area contributed by atoms with Crippen molar-refractivity contribution in [2.75, 3.05) is 0 Å². The molecule has 88 valence electrons. The summed E-state index contributed by atoms with van der Waals surface area (Å²) in [5.74, 6) is 0.183. The fourth-order valence-electron chi connectivity index (χ4n) is 1.64. The first kappa shape index (κ1) is 12.1. The lowest BCUT2D eigenvalue weighted by molar-refractivity contribution is -0.116. The molecule has 2 rings (SSSR count). The molecular weight excluding hydrogens is 230 g/mol. The largest absolute Gasteiger partial charge is 0.299 e. The van der Waals surface area contributed by atoms with E-state index in [-0.39, 0.29) is 11.0 Å². The topological polar surface area (TPSA) is 30.0 Å². The Morgan fingerprint density at radius 2 is 2.06 bits per heavy atom. The maximum atomic E-state index is 11.2. The zero-order valence-corrected chi connectivity index (χ0v) is 11.0. The molecule has 0 aliphatic rings. The van der Waals surface area contributed by atoms with Crippen LogP contribution in [0.1, 0.15) is 19.4 Å². The fourth-order valence-corrected chi connectivity index (χ4v) is 2.57. The highest BCUT2D eigenvalue weighted by molar-refractivity contribution is 8.00. The first-order valence-corrected chi connectivity index (χ1v) is 6.49. The van der Waals surface area contributed by atoms with Gasteiger partial charge < -0.3 is 0 Å². The number of benzene rings is 1. The number of carbonyl (C=O) groups is 1. The van der Waals surface area contributed by atoms with Crippen molar-refractivity contribution >= 4 is 28.4 Å². The van der Waals surface area contributed by atoms with E-state index in [1.807, 2.05) is 31.2 Å². The lowest BCUT2D eigenvalue weighted by Crippen LogP contribution is -2.08. The predicted octanol–water partition coefficient (Wildman–Crippen LogP) is 3.61. The molecule has 0 radical (unpaired) electrons. The quantitative estimate of drug-likeness (QED) is 0.774. The molecule has 2 aromatic rings. The van der Waals surface area contributed by atoms with Gasteiger partial charge in [-0.2, -0.15) is 0 Å². The maximum absolute atomic E-state index is 11.2. The van der Waals surface area contributed by atoms with Crippen LogP contribution in [0.2, 0.25) is 0 Å². The molecule has 1 aromatic carbocycles. The van der Waals surface area contributed by atoms with Gasteiger partial charge in [0.05, 0.1) is 15.8 Å². The summed E-state index contributed by atoms with van der Waals surface area (Å²) in [6.45, 7) is 5.61. The summed E-state index contributed by atoms with van der Waals surface area (Å²) in [4.78, 5) is 15.8. The van der Waals surface area contributed by atoms with Crippen molar-refractivity contribution in [1.29, 1.82) is 0 Å². The summed E-state index contributed by atoms with van der Waals surface area (Å²) in [6, 6.07) is 10.1. The molecule has 3 heteroatoms. The number of thioether (sulfide) groups is 1. The molecule has 0 saturated carbocycles. The Kier molecular flexibility index (Phi) is 3.48. The molecule has 0 aliphatic carbocycles. The predicted molar refractivity (Wildman–Crippen MR) is 72.5 cm³/mol. The first-order chi connectivity index (χ1) is 8.08. The maximum Gasteiger partial charge on any atom is 0.142 e. The van der Waals surface area contributed by atoms with Crippen LogP contribution in [-0.4, -0.2) is 16.0 Å². The van der Waals surface area contributed by atoms with Crippen molar-refractivity contribution in [3.63, 3.8) is 0 Å². The Morgan fingerprint density at radius 3 is 2.76 bits per heavy atom. The highest BCUT2D eigenvalue weighted by atomic mass is 32.2. The number of aromatic nitrogens is 1. The molecule has 1 heterocycles. The molecule has 17 heavy (non-hydrogen) atoms. The molecule has 2 nitrogen and oxygen atoms in total. The summed E-state index contributed by atoms with van der Waals surface area (Å²) < 4.78 is 0. The van der Waals surface area contributed by atoms with E-state index in [1.165, 1.54) is 22.7 Å². The fraction of sp³-hybridized carbons (Fsp3) is 0.286. The normalized spacial score (nSPS) is 12.6. The van der Waals surface area contributed by atoms with Gasteiger partial charge in [-0.1, -0.05) is 30.0 Å². The van der Waals surface area contributed by atoms with Crippen molar-refractivity contribution in [3.05, 3.63) is 35.9 Å². The second kappa shape index (κ2) is 4.88. The number of aryl methyl sites for hydroxylation is 1. The van der Waals surface area contributed by atoms with Crippen LogP contribution in [0.3, 0.4) is 0 Å². The molecule has 0 N–H and O–H groups in total. The van der Waals surface area contributed by atoms with Crippen molar-refractivity contribution in [2.24, 2.45) is 0 Å². The van der Waals surface area contributed by atoms with Gasteiger partial charge in [-0.15, -0.1) is 0 Å². The molecule has 0 fully saturated rings. The van der Waals surface area contributed by atoms with E-state index in [0.29, 0.717) is 0 Å². The third kappa shape index (κ3) is 2.67. The van der Waals surface area contributed by atoms with Crippen LogP contribution in [0, 0.1) is 6.92 Å². The number of nitrogens with zero attached hydrogens (tertiary/aromatic N) is 1. The second-order valence-electron chi connectivity index (χ2n) is 4.17. The zero-order valence-electron chi connectivity index (χ0n) is 10.2. The minimum absolute atomic E-state index is 0.0388. The Hall–Kier alpha value is -1.35. The van der Waals surface area contributed by atoms with E-state index in [0.717, 1.165) is 10.5 Å². The number of para-hydroxylation sites is 1. The highest BCUT2D eigenvalue weighted by Gasteiger charge is 2.11. The summed E-state index contributed by atoms with van der Waals surface area (Å²) in [6.07, 6.45) is 0. The van der Waals surface area contributed by atoms with Crippen LogP contribution in [0.25, 0.3) is 10.9 Å². The van der Waals surface area contributed by atoms with Crippen molar-refractivity contribution in [3.8, 4) is 0 Å². The molecule has 0 saturated heterocycles. The Balaban J connectivity index is 2.40. The van der Waals surface area contributed by atoms with Crippen LogP contribution in [0.5, 0.6) is 0 Å². The third-order valence-corrected chi connectivity index (χ3v) is 3.91. The number of rotatable bonds is 3. The number of pyridine rings is 1. The summed E-state index contributed by atoms with van der Waals surface area (Å²) in [7, 11) is 0. The minimum atomic E-state index is -0.0388. The average Bonchev–Trinajstić information content (AvgIpc) is 2.29. The van der Waals surface area contributed by atoms with Gasteiger partial charge in [0.25, 0.3) is 0 Å². The third-order valence-electron chi connectivity index (χ3n) is 2.77. The van der Waals surface area contributed by atoms with Gasteiger partial charge in [-0.05, 0) is 38.5 Å². The Morgan fingerprint density at radius 1 is 1.35 bits per heavy atom. The molecule has 0 aliphatic heterocycles. The van der Waals surface area contributed by atoms with E-state index in [9.17, 15) is 4.79 Å². The van der Waals surface area contributed by atoms with E-state index < -0.39 is 0 Å². The number of ketones is 1. The van der Waals surface area contributed by atoms with Crippen molar-refractivity contribution in [1.82, 2.24) is 4.98 Å². The second-order valence-corrected chi connectivity index (χ2v) is 5.53. The molecule has 0 amide bonds. The highest BCUT2D eigenvalue weighted by Crippen LogP contribution is 2.26. The monoisotopic (exact) mass is 245 g/mol. The van der Waals surface area contributed by atoms with Crippen LogP contribution in [0.15, 0.2) is 35.4 Å². The van der Waals surface area contributed by atoms with Crippen molar-refractivity contribution in [2.45, 2.75) is 31.0 Å². The van der Waals surface area contributed by atoms with E-state index in [4.69, 9.17) is 0 Å². The van der Waals surface area contributed by atoms with E-state index >= 15 is 0 Å². The number of hydrogen-bond donors (Lipinski definition) is 0. The van der Waals surface area contributed by atoms with Gasteiger partial charge in [0.15, 0.2) is 0 Å². The SMILES string of the molecule is CC(=O)[C@@H](C)Sc1cc(C)c2ccccc2n1. The number of Topliss-reactive ketones (excluding diaryl/α,β-unsaturated/α-hetero) is 1. The van der Waals surface area contributed by atoms with Gasteiger partial charge in [0.1, 0.15) is 5.78 Å². The first-order valence-electron chi connectivity index (χ1n) is 5.61. The summed E-state index contributed by atoms with van der Waals surface area (Å²) in [5.41, 5.74) is 2.19. The van der Waals surface area contributed by atoms with Crippen LogP contribution >= 0.6 is 11.8 Å².